The number of hydrogen-bond donors (Lipinski definition) is 1. The molecule has 0 spiro atoms. The van der Waals surface area contributed by atoms with E-state index in [1.54, 1.807) is 13.3 Å². The van der Waals surface area contributed by atoms with Crippen LogP contribution < -0.4 is 5.32 Å². The second kappa shape index (κ2) is 6.12. The first-order valence-corrected chi connectivity index (χ1v) is 5.88. The number of anilines is 1. The fourth-order valence-corrected chi connectivity index (χ4v) is 1.71. The molecule has 18 heavy (non-hydrogen) atoms. The Balaban J connectivity index is 1.99. The SMILES string of the molecule is COCc1cccc(CNc2nccc(C)n2)c1. The first-order valence-electron chi connectivity index (χ1n) is 5.88. The van der Waals surface area contributed by atoms with Crippen molar-refractivity contribution in [3.8, 4) is 0 Å². The Morgan fingerprint density at radius 2 is 2.06 bits per heavy atom. The molecule has 0 saturated heterocycles. The van der Waals surface area contributed by atoms with Gasteiger partial charge in [-0.3, -0.25) is 0 Å². The summed E-state index contributed by atoms with van der Waals surface area (Å²) in [7, 11) is 1.70. The normalized spacial score (nSPS) is 10.3. The second-order valence-corrected chi connectivity index (χ2v) is 4.13. The van der Waals surface area contributed by atoms with E-state index < -0.39 is 0 Å². The molecule has 0 amide bonds. The lowest BCUT2D eigenvalue weighted by molar-refractivity contribution is 0.185. The number of aryl methyl sites for hydroxylation is 1. The summed E-state index contributed by atoms with van der Waals surface area (Å²) >= 11 is 0. The molecular weight excluding hydrogens is 226 g/mol. The minimum Gasteiger partial charge on any atom is -0.380 e. The van der Waals surface area contributed by atoms with Gasteiger partial charge < -0.3 is 10.1 Å². The highest BCUT2D eigenvalue weighted by molar-refractivity contribution is 5.30. The van der Waals surface area contributed by atoms with Crippen LogP contribution in [-0.2, 0) is 17.9 Å². The van der Waals surface area contributed by atoms with Crippen LogP contribution >= 0.6 is 0 Å². The summed E-state index contributed by atoms with van der Waals surface area (Å²) in [6.07, 6.45) is 1.76. The Kier molecular flexibility index (Phi) is 4.25. The molecule has 0 aliphatic rings. The van der Waals surface area contributed by atoms with Gasteiger partial charge in [-0.2, -0.15) is 0 Å². The molecule has 4 heteroatoms. The highest BCUT2D eigenvalue weighted by atomic mass is 16.5. The van der Waals surface area contributed by atoms with Crippen LogP contribution in [0.15, 0.2) is 36.5 Å². The summed E-state index contributed by atoms with van der Waals surface area (Å²) in [5, 5.41) is 3.21. The lowest BCUT2D eigenvalue weighted by Gasteiger charge is -2.07. The summed E-state index contributed by atoms with van der Waals surface area (Å²) < 4.78 is 5.12. The van der Waals surface area contributed by atoms with Crippen molar-refractivity contribution in [2.24, 2.45) is 0 Å². The third-order valence-corrected chi connectivity index (χ3v) is 2.55. The van der Waals surface area contributed by atoms with Gasteiger partial charge in [-0.25, -0.2) is 9.97 Å². The number of hydrogen-bond acceptors (Lipinski definition) is 4. The Morgan fingerprint density at radius 1 is 1.22 bits per heavy atom. The largest absolute Gasteiger partial charge is 0.380 e. The minimum absolute atomic E-state index is 0.634. The predicted octanol–water partition coefficient (Wildman–Crippen LogP) is 2.54. The van der Waals surface area contributed by atoms with Crippen molar-refractivity contribution in [2.75, 3.05) is 12.4 Å². The molecule has 2 rings (SSSR count). The third-order valence-electron chi connectivity index (χ3n) is 2.55. The fourth-order valence-electron chi connectivity index (χ4n) is 1.71. The van der Waals surface area contributed by atoms with E-state index in [2.05, 4.69) is 33.5 Å². The van der Waals surface area contributed by atoms with Crippen molar-refractivity contribution >= 4 is 5.95 Å². The molecule has 94 valence electrons. The van der Waals surface area contributed by atoms with Crippen molar-refractivity contribution in [3.05, 3.63) is 53.3 Å². The molecule has 1 aromatic heterocycles. The van der Waals surface area contributed by atoms with Gasteiger partial charge in [0, 0.05) is 25.5 Å². The van der Waals surface area contributed by atoms with Crippen LogP contribution in [0, 0.1) is 6.92 Å². The van der Waals surface area contributed by atoms with Crippen molar-refractivity contribution in [1.29, 1.82) is 0 Å². The molecule has 1 N–H and O–H groups in total. The minimum atomic E-state index is 0.634. The number of methoxy groups -OCH3 is 1. The molecule has 0 aliphatic carbocycles. The smallest absolute Gasteiger partial charge is 0.223 e. The zero-order valence-electron chi connectivity index (χ0n) is 10.7. The summed E-state index contributed by atoms with van der Waals surface area (Å²) in [5.74, 6) is 0.659. The van der Waals surface area contributed by atoms with Gasteiger partial charge in [0.05, 0.1) is 6.61 Å². The van der Waals surface area contributed by atoms with Crippen molar-refractivity contribution in [3.63, 3.8) is 0 Å². The maximum Gasteiger partial charge on any atom is 0.223 e. The van der Waals surface area contributed by atoms with Crippen LogP contribution in [0.3, 0.4) is 0 Å². The van der Waals surface area contributed by atoms with Gasteiger partial charge in [-0.05, 0) is 24.1 Å². The fraction of sp³-hybridized carbons (Fsp3) is 0.286. The molecule has 0 saturated carbocycles. The maximum absolute atomic E-state index is 5.12. The lowest BCUT2D eigenvalue weighted by Crippen LogP contribution is -2.04. The van der Waals surface area contributed by atoms with Crippen LogP contribution in [-0.4, -0.2) is 17.1 Å². The van der Waals surface area contributed by atoms with Gasteiger partial charge in [-0.15, -0.1) is 0 Å². The van der Waals surface area contributed by atoms with Crippen LogP contribution in [0.5, 0.6) is 0 Å². The quantitative estimate of drug-likeness (QED) is 0.876. The summed E-state index contributed by atoms with van der Waals surface area (Å²) in [6.45, 7) is 3.29. The first-order chi connectivity index (χ1) is 8.78. The molecule has 0 bridgehead atoms. The first kappa shape index (κ1) is 12.5. The van der Waals surface area contributed by atoms with E-state index in [4.69, 9.17) is 4.74 Å². The molecule has 1 heterocycles. The monoisotopic (exact) mass is 243 g/mol. The van der Waals surface area contributed by atoms with Crippen LogP contribution in [0.25, 0.3) is 0 Å². The van der Waals surface area contributed by atoms with Crippen LogP contribution in [0.2, 0.25) is 0 Å². The van der Waals surface area contributed by atoms with E-state index in [1.165, 1.54) is 11.1 Å². The second-order valence-electron chi connectivity index (χ2n) is 4.13. The van der Waals surface area contributed by atoms with E-state index in [-0.39, 0.29) is 0 Å². The molecule has 0 aliphatic heterocycles. The maximum atomic E-state index is 5.12. The van der Waals surface area contributed by atoms with E-state index >= 15 is 0 Å². The highest BCUT2D eigenvalue weighted by Crippen LogP contribution is 2.08. The van der Waals surface area contributed by atoms with Gasteiger partial charge in [0.25, 0.3) is 0 Å². The number of nitrogens with one attached hydrogen (secondary N) is 1. The number of nitrogens with zero attached hydrogens (tertiary/aromatic N) is 2. The Morgan fingerprint density at radius 3 is 2.83 bits per heavy atom. The number of ether oxygens (including phenoxy) is 1. The van der Waals surface area contributed by atoms with Gasteiger partial charge >= 0.3 is 0 Å². The van der Waals surface area contributed by atoms with Crippen LogP contribution in [0.1, 0.15) is 16.8 Å². The Bertz CT molecular complexity index is 514. The van der Waals surface area contributed by atoms with E-state index in [9.17, 15) is 0 Å². The van der Waals surface area contributed by atoms with Gasteiger partial charge in [0.2, 0.25) is 5.95 Å². The molecule has 1 aromatic carbocycles. The number of aromatic nitrogens is 2. The van der Waals surface area contributed by atoms with Crippen LogP contribution in [0.4, 0.5) is 5.95 Å². The molecule has 0 unspecified atom stereocenters. The van der Waals surface area contributed by atoms with E-state index in [0.717, 1.165) is 5.69 Å². The molecule has 0 radical (unpaired) electrons. The van der Waals surface area contributed by atoms with E-state index in [0.29, 0.717) is 19.1 Å². The summed E-state index contributed by atoms with van der Waals surface area (Å²) in [4.78, 5) is 8.47. The molecular formula is C14H17N3O. The standard InChI is InChI=1S/C14H17N3O/c1-11-6-7-15-14(17-11)16-9-12-4-3-5-13(8-12)10-18-2/h3-8H,9-10H2,1-2H3,(H,15,16,17). The Labute approximate surface area is 107 Å². The van der Waals surface area contributed by atoms with Crippen molar-refractivity contribution in [1.82, 2.24) is 9.97 Å². The number of rotatable bonds is 5. The van der Waals surface area contributed by atoms with Crippen molar-refractivity contribution < 1.29 is 4.74 Å². The zero-order valence-corrected chi connectivity index (χ0v) is 10.7. The summed E-state index contributed by atoms with van der Waals surface area (Å²) in [5.41, 5.74) is 3.32. The van der Waals surface area contributed by atoms with Gasteiger partial charge in [0.1, 0.15) is 0 Å². The van der Waals surface area contributed by atoms with E-state index in [1.807, 2.05) is 19.1 Å². The average Bonchev–Trinajstić information content (AvgIpc) is 2.37. The molecule has 0 atom stereocenters. The Hall–Kier alpha value is -1.94. The zero-order chi connectivity index (χ0) is 12.8. The van der Waals surface area contributed by atoms with Crippen molar-refractivity contribution in [2.45, 2.75) is 20.1 Å². The molecule has 4 nitrogen and oxygen atoms in total. The van der Waals surface area contributed by atoms with Gasteiger partial charge in [-0.1, -0.05) is 24.3 Å². The third kappa shape index (κ3) is 3.53. The number of benzene rings is 1. The molecule has 2 aromatic rings. The highest BCUT2D eigenvalue weighted by Gasteiger charge is 1.98. The molecule has 0 fully saturated rings. The topological polar surface area (TPSA) is 47.0 Å². The lowest BCUT2D eigenvalue weighted by atomic mass is 10.1. The summed E-state index contributed by atoms with van der Waals surface area (Å²) in [6, 6.07) is 10.2. The van der Waals surface area contributed by atoms with Gasteiger partial charge in [0.15, 0.2) is 0 Å². The average molecular weight is 243 g/mol. The predicted molar refractivity (Wildman–Crippen MR) is 71.3 cm³/mol.